The van der Waals surface area contributed by atoms with Crippen LogP contribution in [0.5, 0.6) is 5.75 Å². The van der Waals surface area contributed by atoms with Crippen LogP contribution in [-0.2, 0) is 4.79 Å². The third-order valence-electron chi connectivity index (χ3n) is 2.66. The van der Waals surface area contributed by atoms with Crippen molar-refractivity contribution in [2.75, 3.05) is 19.0 Å². The summed E-state index contributed by atoms with van der Waals surface area (Å²) in [5.74, 6) is 0.915. The maximum Gasteiger partial charge on any atom is 0.224 e. The zero-order valence-electron chi connectivity index (χ0n) is 10.6. The summed E-state index contributed by atoms with van der Waals surface area (Å²) in [4.78, 5) is 11.7. The van der Waals surface area contributed by atoms with E-state index in [2.05, 4.69) is 5.32 Å². The van der Waals surface area contributed by atoms with E-state index in [4.69, 9.17) is 10.5 Å². The molecule has 1 rings (SSSR count). The Morgan fingerprint density at radius 3 is 2.82 bits per heavy atom. The van der Waals surface area contributed by atoms with Gasteiger partial charge in [0, 0.05) is 18.2 Å². The van der Waals surface area contributed by atoms with Crippen molar-refractivity contribution in [3.63, 3.8) is 0 Å². The molecule has 0 radical (unpaired) electrons. The molecule has 0 saturated heterocycles. The van der Waals surface area contributed by atoms with Gasteiger partial charge in [-0.15, -0.1) is 0 Å². The molecule has 1 aromatic rings. The van der Waals surface area contributed by atoms with Crippen LogP contribution in [0, 0.1) is 12.8 Å². The van der Waals surface area contributed by atoms with Gasteiger partial charge in [0.15, 0.2) is 0 Å². The van der Waals surface area contributed by atoms with Crippen LogP contribution in [0.2, 0.25) is 0 Å². The molecular weight excluding hydrogens is 216 g/mol. The normalized spacial score (nSPS) is 12.0. The minimum atomic E-state index is -0.0145. The Morgan fingerprint density at radius 2 is 2.24 bits per heavy atom. The Kier molecular flexibility index (Phi) is 4.97. The van der Waals surface area contributed by atoms with Crippen LogP contribution in [0.4, 0.5) is 5.69 Å². The van der Waals surface area contributed by atoms with Gasteiger partial charge in [-0.2, -0.15) is 0 Å². The van der Waals surface area contributed by atoms with E-state index in [9.17, 15) is 4.79 Å². The van der Waals surface area contributed by atoms with Gasteiger partial charge in [0.2, 0.25) is 5.91 Å². The molecule has 4 heteroatoms. The minimum absolute atomic E-state index is 0.0145. The molecule has 94 valence electrons. The fourth-order valence-electron chi connectivity index (χ4n) is 1.46. The number of carbonyl (C=O) groups is 1. The van der Waals surface area contributed by atoms with Gasteiger partial charge in [0.1, 0.15) is 5.75 Å². The fraction of sp³-hybridized carbons (Fsp3) is 0.462. The largest absolute Gasteiger partial charge is 0.497 e. The van der Waals surface area contributed by atoms with Gasteiger partial charge in [0.05, 0.1) is 7.11 Å². The van der Waals surface area contributed by atoms with E-state index in [1.54, 1.807) is 7.11 Å². The maximum absolute atomic E-state index is 11.7. The highest BCUT2D eigenvalue weighted by Gasteiger charge is 2.09. The highest BCUT2D eigenvalue weighted by Crippen LogP contribution is 2.22. The van der Waals surface area contributed by atoms with Crippen LogP contribution in [0.15, 0.2) is 18.2 Å². The molecule has 3 N–H and O–H groups in total. The van der Waals surface area contributed by atoms with Crippen molar-refractivity contribution in [3.05, 3.63) is 23.8 Å². The number of hydrogen-bond donors (Lipinski definition) is 2. The maximum atomic E-state index is 11.7. The topological polar surface area (TPSA) is 64.3 Å². The van der Waals surface area contributed by atoms with Gasteiger partial charge in [-0.05, 0) is 31.0 Å². The molecule has 4 nitrogen and oxygen atoms in total. The number of hydrogen-bond acceptors (Lipinski definition) is 3. The van der Waals surface area contributed by atoms with Gasteiger partial charge < -0.3 is 15.8 Å². The lowest BCUT2D eigenvalue weighted by molar-refractivity contribution is -0.116. The quantitative estimate of drug-likeness (QED) is 0.821. The monoisotopic (exact) mass is 236 g/mol. The van der Waals surface area contributed by atoms with E-state index < -0.39 is 0 Å². The molecule has 0 spiro atoms. The summed E-state index contributed by atoms with van der Waals surface area (Å²) in [6, 6.07) is 5.61. The zero-order valence-corrected chi connectivity index (χ0v) is 10.6. The first-order valence-corrected chi connectivity index (χ1v) is 5.71. The molecule has 0 aliphatic carbocycles. The summed E-state index contributed by atoms with van der Waals surface area (Å²) in [6.45, 7) is 4.42. The van der Waals surface area contributed by atoms with Crippen LogP contribution < -0.4 is 15.8 Å². The Bertz CT molecular complexity index is 391. The molecule has 0 heterocycles. The summed E-state index contributed by atoms with van der Waals surface area (Å²) in [6.07, 6.45) is 0.438. The predicted octanol–water partition coefficient (Wildman–Crippen LogP) is 1.93. The number of anilines is 1. The van der Waals surface area contributed by atoms with E-state index in [1.807, 2.05) is 32.0 Å². The molecule has 0 aliphatic rings. The van der Waals surface area contributed by atoms with Crippen LogP contribution in [0.3, 0.4) is 0 Å². The number of methoxy groups -OCH3 is 1. The Hall–Kier alpha value is -1.55. The number of benzene rings is 1. The smallest absolute Gasteiger partial charge is 0.224 e. The van der Waals surface area contributed by atoms with Crippen molar-refractivity contribution < 1.29 is 9.53 Å². The molecule has 1 aromatic carbocycles. The summed E-state index contributed by atoms with van der Waals surface area (Å²) in [5, 5.41) is 2.88. The van der Waals surface area contributed by atoms with Gasteiger partial charge in [0.25, 0.3) is 0 Å². The van der Waals surface area contributed by atoms with Crippen LogP contribution in [-0.4, -0.2) is 19.6 Å². The second-order valence-electron chi connectivity index (χ2n) is 4.27. The van der Waals surface area contributed by atoms with Gasteiger partial charge in [-0.25, -0.2) is 0 Å². The van der Waals surface area contributed by atoms with E-state index in [-0.39, 0.29) is 11.8 Å². The first-order valence-electron chi connectivity index (χ1n) is 5.71. The SMILES string of the molecule is COc1ccc(C)c(NC(=O)CC(C)CN)c1. The molecule has 0 bridgehead atoms. The number of carbonyl (C=O) groups excluding carboxylic acids is 1. The third kappa shape index (κ3) is 4.07. The van der Waals surface area contributed by atoms with E-state index >= 15 is 0 Å². The van der Waals surface area contributed by atoms with E-state index in [0.29, 0.717) is 13.0 Å². The lowest BCUT2D eigenvalue weighted by Crippen LogP contribution is -2.20. The number of nitrogens with one attached hydrogen (secondary N) is 1. The van der Waals surface area contributed by atoms with Crippen molar-refractivity contribution in [3.8, 4) is 5.75 Å². The number of rotatable bonds is 5. The highest BCUT2D eigenvalue weighted by molar-refractivity contribution is 5.91. The van der Waals surface area contributed by atoms with Crippen molar-refractivity contribution in [2.24, 2.45) is 11.7 Å². The van der Waals surface area contributed by atoms with Crippen molar-refractivity contribution in [1.29, 1.82) is 0 Å². The van der Waals surface area contributed by atoms with E-state index in [0.717, 1.165) is 17.0 Å². The molecule has 0 saturated carbocycles. The molecule has 1 unspecified atom stereocenters. The summed E-state index contributed by atoms with van der Waals surface area (Å²) in [7, 11) is 1.60. The summed E-state index contributed by atoms with van der Waals surface area (Å²) >= 11 is 0. The molecule has 1 atom stereocenters. The molecule has 0 aliphatic heterocycles. The first kappa shape index (κ1) is 13.5. The highest BCUT2D eigenvalue weighted by atomic mass is 16.5. The van der Waals surface area contributed by atoms with Crippen molar-refractivity contribution in [1.82, 2.24) is 0 Å². The molecule has 1 amide bonds. The Balaban J connectivity index is 2.70. The van der Waals surface area contributed by atoms with Crippen molar-refractivity contribution >= 4 is 11.6 Å². The predicted molar refractivity (Wildman–Crippen MR) is 69.2 cm³/mol. The average Bonchev–Trinajstić information content (AvgIpc) is 2.31. The molecular formula is C13H20N2O2. The number of amides is 1. The van der Waals surface area contributed by atoms with Crippen LogP contribution in [0.1, 0.15) is 18.9 Å². The standard InChI is InChI=1S/C13H20N2O2/c1-9(8-14)6-13(16)15-12-7-11(17-3)5-4-10(12)2/h4-5,7,9H,6,8,14H2,1-3H3,(H,15,16). The lowest BCUT2D eigenvalue weighted by Gasteiger charge is -2.12. The number of ether oxygens (including phenoxy) is 1. The fourth-order valence-corrected chi connectivity index (χ4v) is 1.46. The molecule has 0 fully saturated rings. The molecule has 17 heavy (non-hydrogen) atoms. The van der Waals surface area contributed by atoms with Crippen molar-refractivity contribution in [2.45, 2.75) is 20.3 Å². The average molecular weight is 236 g/mol. The lowest BCUT2D eigenvalue weighted by atomic mass is 10.1. The Labute approximate surface area is 102 Å². The van der Waals surface area contributed by atoms with Gasteiger partial charge in [-0.1, -0.05) is 13.0 Å². The third-order valence-corrected chi connectivity index (χ3v) is 2.66. The molecule has 0 aromatic heterocycles. The van der Waals surface area contributed by atoms with Gasteiger partial charge in [-0.3, -0.25) is 4.79 Å². The second-order valence-corrected chi connectivity index (χ2v) is 4.27. The minimum Gasteiger partial charge on any atom is -0.497 e. The van der Waals surface area contributed by atoms with Crippen LogP contribution >= 0.6 is 0 Å². The van der Waals surface area contributed by atoms with E-state index in [1.165, 1.54) is 0 Å². The second kappa shape index (κ2) is 6.25. The number of aryl methyl sites for hydroxylation is 1. The summed E-state index contributed by atoms with van der Waals surface area (Å²) < 4.78 is 5.12. The Morgan fingerprint density at radius 1 is 1.53 bits per heavy atom. The zero-order chi connectivity index (χ0) is 12.8. The van der Waals surface area contributed by atoms with Crippen LogP contribution in [0.25, 0.3) is 0 Å². The summed E-state index contributed by atoms with van der Waals surface area (Å²) in [5.41, 5.74) is 7.29. The first-order chi connectivity index (χ1) is 8.06. The number of nitrogens with two attached hydrogens (primary N) is 1. The van der Waals surface area contributed by atoms with Gasteiger partial charge >= 0.3 is 0 Å².